The topological polar surface area (TPSA) is 99.1 Å². The van der Waals surface area contributed by atoms with E-state index in [1.807, 2.05) is 37.3 Å². The number of hydrogen-bond acceptors (Lipinski definition) is 6. The Hall–Kier alpha value is -2.69. The van der Waals surface area contributed by atoms with Crippen LogP contribution >= 0.6 is 23.2 Å². The Morgan fingerprint density at radius 2 is 1.97 bits per heavy atom. The molecule has 1 fully saturated rings. The summed E-state index contributed by atoms with van der Waals surface area (Å²) in [6.45, 7) is 3.21. The van der Waals surface area contributed by atoms with Crippen LogP contribution < -0.4 is 10.6 Å². The SMILES string of the molecule is Cc1nc(N2CCC3(CC2)Cc2ccc(C#N)cc2[C@H]3N)c(CO)nc1-c1cccc(Cl)c1Cl. The van der Waals surface area contributed by atoms with Crippen LogP contribution in [-0.4, -0.2) is 28.2 Å². The summed E-state index contributed by atoms with van der Waals surface area (Å²) in [7, 11) is 0. The molecular formula is C26H25Cl2N5O. The summed E-state index contributed by atoms with van der Waals surface area (Å²) in [6.07, 6.45) is 2.73. The van der Waals surface area contributed by atoms with Gasteiger partial charge in [-0.25, -0.2) is 9.97 Å². The van der Waals surface area contributed by atoms with Gasteiger partial charge >= 0.3 is 0 Å². The molecule has 2 aliphatic rings. The van der Waals surface area contributed by atoms with Crippen LogP contribution in [0.4, 0.5) is 5.82 Å². The molecule has 0 saturated carbocycles. The van der Waals surface area contributed by atoms with E-state index in [2.05, 4.69) is 11.0 Å². The lowest BCUT2D eigenvalue weighted by atomic mass is 9.73. The minimum Gasteiger partial charge on any atom is -0.390 e. The quantitative estimate of drug-likeness (QED) is 0.534. The van der Waals surface area contributed by atoms with Crippen molar-refractivity contribution in [2.24, 2.45) is 11.1 Å². The van der Waals surface area contributed by atoms with Crippen molar-refractivity contribution in [3.63, 3.8) is 0 Å². The third-order valence-corrected chi connectivity index (χ3v) is 8.17. The molecule has 0 bridgehead atoms. The number of aromatic nitrogens is 2. The summed E-state index contributed by atoms with van der Waals surface area (Å²) in [5, 5.41) is 20.3. The van der Waals surface area contributed by atoms with Gasteiger partial charge in [-0.05, 0) is 60.9 Å². The predicted molar refractivity (Wildman–Crippen MR) is 134 cm³/mol. The van der Waals surface area contributed by atoms with E-state index in [0.717, 1.165) is 43.6 Å². The minimum atomic E-state index is -0.225. The van der Waals surface area contributed by atoms with Crippen LogP contribution in [-0.2, 0) is 13.0 Å². The van der Waals surface area contributed by atoms with E-state index < -0.39 is 0 Å². The number of nitrogens with two attached hydrogens (primary N) is 1. The molecular weight excluding hydrogens is 469 g/mol. The third kappa shape index (κ3) is 3.73. The van der Waals surface area contributed by atoms with Gasteiger partial charge in [0.15, 0.2) is 5.82 Å². The Balaban J connectivity index is 1.41. The van der Waals surface area contributed by atoms with E-state index in [9.17, 15) is 10.4 Å². The zero-order valence-electron chi connectivity index (χ0n) is 18.9. The van der Waals surface area contributed by atoms with Crippen molar-refractivity contribution in [2.75, 3.05) is 18.0 Å². The molecule has 1 aromatic heterocycles. The molecule has 0 unspecified atom stereocenters. The number of nitrogens with zero attached hydrogens (tertiary/aromatic N) is 4. The zero-order chi connectivity index (χ0) is 24.0. The molecule has 0 radical (unpaired) electrons. The Bertz CT molecular complexity index is 1310. The van der Waals surface area contributed by atoms with Crippen molar-refractivity contribution >= 4 is 29.0 Å². The zero-order valence-corrected chi connectivity index (χ0v) is 20.4. The highest BCUT2D eigenvalue weighted by Crippen LogP contribution is 2.51. The first-order valence-corrected chi connectivity index (χ1v) is 12.1. The van der Waals surface area contributed by atoms with E-state index in [1.165, 1.54) is 5.56 Å². The van der Waals surface area contributed by atoms with E-state index in [1.54, 1.807) is 6.07 Å². The van der Waals surface area contributed by atoms with Gasteiger partial charge < -0.3 is 15.7 Å². The van der Waals surface area contributed by atoms with Gasteiger partial charge in [0.1, 0.15) is 5.69 Å². The van der Waals surface area contributed by atoms with Crippen molar-refractivity contribution in [2.45, 2.75) is 38.8 Å². The molecule has 34 heavy (non-hydrogen) atoms. The molecule has 1 spiro atoms. The number of aryl methyl sites for hydroxylation is 1. The maximum Gasteiger partial charge on any atom is 0.153 e. The van der Waals surface area contributed by atoms with Gasteiger partial charge in [0.25, 0.3) is 0 Å². The Labute approximate surface area is 209 Å². The van der Waals surface area contributed by atoms with Crippen LogP contribution in [0.15, 0.2) is 36.4 Å². The standard InChI is InChI=1S/C26H25Cl2N5O/c1-15-23(18-3-2-4-20(27)22(18)28)32-21(14-34)25(31-15)33-9-7-26(8-10-33)12-17-6-5-16(13-29)11-19(17)24(26)30/h2-6,11,24,34H,7-10,12,14,30H2,1H3/t24-/m1/s1. The molecule has 1 atom stereocenters. The molecule has 2 aromatic carbocycles. The van der Waals surface area contributed by atoms with Gasteiger partial charge in [-0.15, -0.1) is 0 Å². The number of benzene rings is 2. The number of hydrogen-bond donors (Lipinski definition) is 2. The predicted octanol–water partition coefficient (Wildman–Crippen LogP) is 4.97. The fourth-order valence-electron chi connectivity index (χ4n) is 5.43. The van der Waals surface area contributed by atoms with E-state index in [0.29, 0.717) is 38.4 Å². The molecule has 1 aliphatic heterocycles. The first kappa shape index (κ1) is 23.1. The molecule has 3 N–H and O–H groups in total. The summed E-state index contributed by atoms with van der Waals surface area (Å²) >= 11 is 12.6. The smallest absolute Gasteiger partial charge is 0.153 e. The number of aliphatic hydroxyl groups is 1. The van der Waals surface area contributed by atoms with E-state index in [-0.39, 0.29) is 18.1 Å². The number of anilines is 1. The number of halogens is 2. The van der Waals surface area contributed by atoms with Crippen molar-refractivity contribution in [1.29, 1.82) is 5.26 Å². The molecule has 6 nitrogen and oxygen atoms in total. The largest absolute Gasteiger partial charge is 0.390 e. The molecule has 8 heteroatoms. The average molecular weight is 494 g/mol. The molecule has 1 aliphatic carbocycles. The molecule has 1 saturated heterocycles. The van der Waals surface area contributed by atoms with Crippen molar-refractivity contribution in [3.05, 3.63) is 74.5 Å². The van der Waals surface area contributed by atoms with Crippen LogP contribution in [0.1, 0.15) is 47.0 Å². The fraction of sp³-hybridized carbons (Fsp3) is 0.346. The first-order valence-electron chi connectivity index (χ1n) is 11.3. The molecule has 5 rings (SSSR count). The minimum absolute atomic E-state index is 0.0248. The van der Waals surface area contributed by atoms with Gasteiger partial charge in [0.2, 0.25) is 0 Å². The Kier molecular flexibility index (Phi) is 5.99. The van der Waals surface area contributed by atoms with Crippen molar-refractivity contribution in [1.82, 2.24) is 9.97 Å². The maximum atomic E-state index is 10.1. The average Bonchev–Trinajstić information content (AvgIpc) is 3.12. The molecule has 0 amide bonds. The second kappa shape index (κ2) is 8.83. The van der Waals surface area contributed by atoms with Gasteiger partial charge in [0.05, 0.1) is 39.7 Å². The lowest BCUT2D eigenvalue weighted by molar-refractivity contribution is 0.186. The van der Waals surface area contributed by atoms with Gasteiger partial charge in [-0.1, -0.05) is 41.4 Å². The Morgan fingerprint density at radius 3 is 2.68 bits per heavy atom. The van der Waals surface area contributed by atoms with E-state index in [4.69, 9.17) is 38.9 Å². The number of rotatable bonds is 3. The van der Waals surface area contributed by atoms with Crippen molar-refractivity contribution < 1.29 is 5.11 Å². The van der Waals surface area contributed by atoms with Crippen LogP contribution in [0.5, 0.6) is 0 Å². The van der Waals surface area contributed by atoms with Crippen LogP contribution in [0.25, 0.3) is 11.3 Å². The molecule has 3 aromatic rings. The fourth-order valence-corrected chi connectivity index (χ4v) is 5.82. The number of fused-ring (bicyclic) bond motifs is 1. The van der Waals surface area contributed by atoms with Crippen LogP contribution in [0.3, 0.4) is 0 Å². The van der Waals surface area contributed by atoms with E-state index >= 15 is 0 Å². The van der Waals surface area contributed by atoms with Crippen LogP contribution in [0.2, 0.25) is 10.0 Å². The molecule has 174 valence electrons. The third-order valence-electron chi connectivity index (χ3n) is 7.35. The summed E-state index contributed by atoms with van der Waals surface area (Å²) in [6, 6.07) is 13.4. The summed E-state index contributed by atoms with van der Waals surface area (Å²) in [5.74, 6) is 0.701. The molecule has 2 heterocycles. The summed E-state index contributed by atoms with van der Waals surface area (Å²) < 4.78 is 0. The normalized spacial score (nSPS) is 18.7. The lowest BCUT2D eigenvalue weighted by Crippen LogP contribution is -2.45. The van der Waals surface area contributed by atoms with Gasteiger partial charge in [0, 0.05) is 24.7 Å². The summed E-state index contributed by atoms with van der Waals surface area (Å²) in [4.78, 5) is 11.8. The second-order valence-electron chi connectivity index (χ2n) is 9.22. The van der Waals surface area contributed by atoms with Crippen molar-refractivity contribution in [3.8, 4) is 17.3 Å². The lowest BCUT2D eigenvalue weighted by Gasteiger charge is -2.43. The highest BCUT2D eigenvalue weighted by molar-refractivity contribution is 6.43. The number of nitriles is 1. The van der Waals surface area contributed by atoms with Crippen LogP contribution in [0, 0.1) is 23.7 Å². The number of aliphatic hydroxyl groups excluding tert-OH is 1. The highest BCUT2D eigenvalue weighted by Gasteiger charge is 2.46. The first-order chi connectivity index (χ1) is 16.4. The maximum absolute atomic E-state index is 10.1. The second-order valence-corrected chi connectivity index (χ2v) is 10.0. The Morgan fingerprint density at radius 1 is 1.21 bits per heavy atom. The van der Waals surface area contributed by atoms with Gasteiger partial charge in [-0.3, -0.25) is 0 Å². The summed E-state index contributed by atoms with van der Waals surface area (Å²) in [5.41, 5.74) is 12.3. The monoisotopic (exact) mass is 493 g/mol. The number of piperidine rings is 1. The highest BCUT2D eigenvalue weighted by atomic mass is 35.5. The van der Waals surface area contributed by atoms with Gasteiger partial charge in [-0.2, -0.15) is 5.26 Å².